The third-order valence-corrected chi connectivity index (χ3v) is 4.82. The van der Waals surface area contributed by atoms with Crippen molar-refractivity contribution >= 4 is 29.7 Å². The molecule has 2 heterocycles. The standard InChI is InChI=1S/C19H19F3N6O/c20-13-5-10(6-14(21)18(13)22)4-11-2-1-3-28(19(11)29)17-7-16(26-27-17)12(8-23)15(25)9-24/h5-9,11,23-24H,1-4,25H2,(H,26,27)/b15-12-,23-8?,24-9?. The molecule has 2 aromatic rings. The molecule has 1 saturated heterocycles. The largest absolute Gasteiger partial charge is 0.397 e. The van der Waals surface area contributed by atoms with Crippen LogP contribution in [0.4, 0.5) is 19.0 Å². The minimum Gasteiger partial charge on any atom is -0.397 e. The average Bonchev–Trinajstić information content (AvgIpc) is 3.17. The summed E-state index contributed by atoms with van der Waals surface area (Å²) in [5.41, 5.74) is 6.60. The molecule has 0 spiro atoms. The summed E-state index contributed by atoms with van der Waals surface area (Å²) < 4.78 is 40.1. The summed E-state index contributed by atoms with van der Waals surface area (Å²) in [4.78, 5) is 14.3. The number of nitrogens with one attached hydrogen (secondary N) is 3. The molecule has 5 N–H and O–H groups in total. The van der Waals surface area contributed by atoms with Crippen molar-refractivity contribution in [2.75, 3.05) is 11.4 Å². The van der Waals surface area contributed by atoms with E-state index in [4.69, 9.17) is 16.6 Å². The predicted molar refractivity (Wildman–Crippen MR) is 102 cm³/mol. The second-order valence-corrected chi connectivity index (χ2v) is 6.70. The number of allylic oxidation sites excluding steroid dienone is 2. The SMILES string of the molecule is N=C/C(N)=C(\C=N)c1cc(N2CCCC(Cc3cc(F)c(F)c(F)c3)C2=O)n[nH]1. The first-order valence-electron chi connectivity index (χ1n) is 8.87. The molecule has 0 bridgehead atoms. The van der Waals surface area contributed by atoms with Crippen LogP contribution in [0.1, 0.15) is 24.1 Å². The molecule has 1 unspecified atom stereocenters. The molecule has 1 fully saturated rings. The highest BCUT2D eigenvalue weighted by Crippen LogP contribution is 2.28. The number of aromatic amines is 1. The molecular formula is C19H19F3N6O. The van der Waals surface area contributed by atoms with Gasteiger partial charge >= 0.3 is 0 Å². The van der Waals surface area contributed by atoms with E-state index in [-0.39, 0.29) is 29.2 Å². The molecule has 0 radical (unpaired) electrons. The van der Waals surface area contributed by atoms with Crippen molar-refractivity contribution in [2.24, 2.45) is 11.7 Å². The molecule has 0 saturated carbocycles. The Kier molecular flexibility index (Phi) is 5.81. The van der Waals surface area contributed by atoms with Gasteiger partial charge < -0.3 is 16.6 Å². The second kappa shape index (κ2) is 8.29. The van der Waals surface area contributed by atoms with Crippen LogP contribution >= 0.6 is 0 Å². The number of anilines is 1. The molecule has 29 heavy (non-hydrogen) atoms. The van der Waals surface area contributed by atoms with Crippen LogP contribution in [0.3, 0.4) is 0 Å². The fourth-order valence-electron chi connectivity index (χ4n) is 3.36. The highest BCUT2D eigenvalue weighted by Gasteiger charge is 2.31. The van der Waals surface area contributed by atoms with Gasteiger partial charge in [-0.2, -0.15) is 5.10 Å². The lowest BCUT2D eigenvalue weighted by atomic mass is 9.90. The number of carbonyl (C=O) groups excluding carboxylic acids is 1. The molecular weight excluding hydrogens is 385 g/mol. The summed E-state index contributed by atoms with van der Waals surface area (Å²) in [7, 11) is 0. The molecule has 1 aromatic heterocycles. The Hall–Kier alpha value is -3.43. The van der Waals surface area contributed by atoms with Crippen LogP contribution in [0, 0.1) is 34.2 Å². The van der Waals surface area contributed by atoms with Gasteiger partial charge in [-0.3, -0.25) is 14.8 Å². The zero-order valence-electron chi connectivity index (χ0n) is 15.3. The Balaban J connectivity index is 1.82. The first-order valence-corrected chi connectivity index (χ1v) is 8.87. The predicted octanol–water partition coefficient (Wildman–Crippen LogP) is 2.78. The normalized spacial score (nSPS) is 17.8. The van der Waals surface area contributed by atoms with Crippen LogP contribution in [-0.2, 0) is 11.2 Å². The number of hydrogen-bond donors (Lipinski definition) is 4. The Morgan fingerprint density at radius 3 is 2.55 bits per heavy atom. The van der Waals surface area contributed by atoms with Crippen LogP contribution in [0.5, 0.6) is 0 Å². The number of hydrogen-bond acceptors (Lipinski definition) is 5. The van der Waals surface area contributed by atoms with Crippen molar-refractivity contribution < 1.29 is 18.0 Å². The van der Waals surface area contributed by atoms with E-state index in [9.17, 15) is 18.0 Å². The fraction of sp³-hybridized carbons (Fsp3) is 0.263. The van der Waals surface area contributed by atoms with Crippen molar-refractivity contribution in [3.63, 3.8) is 0 Å². The molecule has 1 aliphatic heterocycles. The number of carbonyl (C=O) groups is 1. The molecule has 152 valence electrons. The summed E-state index contributed by atoms with van der Waals surface area (Å²) in [5, 5.41) is 21.5. The maximum Gasteiger partial charge on any atom is 0.231 e. The van der Waals surface area contributed by atoms with E-state index in [0.29, 0.717) is 30.9 Å². The minimum absolute atomic E-state index is 0.0680. The van der Waals surface area contributed by atoms with Crippen molar-refractivity contribution in [1.82, 2.24) is 10.2 Å². The molecule has 1 amide bonds. The molecule has 1 aromatic carbocycles. The van der Waals surface area contributed by atoms with Crippen LogP contribution in [0.15, 0.2) is 23.9 Å². The fourth-order valence-corrected chi connectivity index (χ4v) is 3.36. The van der Waals surface area contributed by atoms with Crippen LogP contribution in [0.2, 0.25) is 0 Å². The molecule has 1 aliphatic rings. The average molecular weight is 404 g/mol. The van der Waals surface area contributed by atoms with Gasteiger partial charge in [0.1, 0.15) is 0 Å². The Morgan fingerprint density at radius 2 is 1.93 bits per heavy atom. The quantitative estimate of drug-likeness (QED) is 0.437. The first kappa shape index (κ1) is 20.3. The highest BCUT2D eigenvalue weighted by molar-refractivity contribution is 6.14. The monoisotopic (exact) mass is 404 g/mol. The van der Waals surface area contributed by atoms with E-state index in [1.807, 2.05) is 0 Å². The van der Waals surface area contributed by atoms with E-state index in [1.165, 1.54) is 4.90 Å². The van der Waals surface area contributed by atoms with Gasteiger partial charge in [0, 0.05) is 36.5 Å². The van der Waals surface area contributed by atoms with E-state index >= 15 is 0 Å². The third kappa shape index (κ3) is 4.05. The van der Waals surface area contributed by atoms with E-state index in [2.05, 4.69) is 10.2 Å². The summed E-state index contributed by atoms with van der Waals surface area (Å²) in [5.74, 6) is -4.58. The molecule has 3 rings (SSSR count). The van der Waals surface area contributed by atoms with Crippen LogP contribution in [0.25, 0.3) is 5.57 Å². The summed E-state index contributed by atoms with van der Waals surface area (Å²) in [6.07, 6.45) is 3.15. The number of rotatable bonds is 6. The molecule has 7 nitrogen and oxygen atoms in total. The van der Waals surface area contributed by atoms with Gasteiger partial charge in [0.25, 0.3) is 0 Å². The van der Waals surface area contributed by atoms with Gasteiger partial charge in [-0.05, 0) is 37.0 Å². The Labute approximate surface area is 164 Å². The maximum absolute atomic E-state index is 13.5. The van der Waals surface area contributed by atoms with Crippen LogP contribution in [-0.4, -0.2) is 35.1 Å². The molecule has 10 heteroatoms. The lowest BCUT2D eigenvalue weighted by Crippen LogP contribution is -2.42. The van der Waals surface area contributed by atoms with Crippen molar-refractivity contribution in [3.8, 4) is 0 Å². The number of halogens is 3. The number of piperidine rings is 1. The smallest absolute Gasteiger partial charge is 0.231 e. The molecule has 1 atom stereocenters. The summed E-state index contributed by atoms with van der Waals surface area (Å²) >= 11 is 0. The number of amides is 1. The van der Waals surface area contributed by atoms with E-state index in [0.717, 1.165) is 24.6 Å². The first-order chi connectivity index (χ1) is 13.8. The Morgan fingerprint density at radius 1 is 1.24 bits per heavy atom. The zero-order chi connectivity index (χ0) is 21.1. The third-order valence-electron chi connectivity index (χ3n) is 4.82. The van der Waals surface area contributed by atoms with E-state index < -0.39 is 23.4 Å². The number of nitrogens with two attached hydrogens (primary N) is 1. The highest BCUT2D eigenvalue weighted by atomic mass is 19.2. The lowest BCUT2D eigenvalue weighted by Gasteiger charge is -2.30. The van der Waals surface area contributed by atoms with Crippen LogP contribution < -0.4 is 10.6 Å². The van der Waals surface area contributed by atoms with Gasteiger partial charge in [-0.1, -0.05) is 0 Å². The summed E-state index contributed by atoms with van der Waals surface area (Å²) in [6.45, 7) is 0.412. The number of H-pyrrole nitrogens is 1. The Bertz CT molecular complexity index is 977. The number of nitrogens with zero attached hydrogens (tertiary/aromatic N) is 2. The zero-order valence-corrected chi connectivity index (χ0v) is 15.3. The van der Waals surface area contributed by atoms with Gasteiger partial charge in [0.2, 0.25) is 5.91 Å². The second-order valence-electron chi connectivity index (χ2n) is 6.70. The maximum atomic E-state index is 13.5. The van der Waals surface area contributed by atoms with Crippen molar-refractivity contribution in [3.05, 3.63) is 52.6 Å². The van der Waals surface area contributed by atoms with Crippen molar-refractivity contribution in [1.29, 1.82) is 10.8 Å². The molecule has 0 aliphatic carbocycles. The summed E-state index contributed by atoms with van der Waals surface area (Å²) in [6, 6.07) is 3.35. The van der Waals surface area contributed by atoms with E-state index in [1.54, 1.807) is 6.07 Å². The lowest BCUT2D eigenvalue weighted by molar-refractivity contribution is -0.123. The topological polar surface area (TPSA) is 123 Å². The van der Waals surface area contributed by atoms with Gasteiger partial charge in [0.15, 0.2) is 23.3 Å². The van der Waals surface area contributed by atoms with Gasteiger partial charge in [-0.15, -0.1) is 0 Å². The van der Waals surface area contributed by atoms with Gasteiger partial charge in [-0.25, -0.2) is 13.2 Å². The van der Waals surface area contributed by atoms with Crippen molar-refractivity contribution in [2.45, 2.75) is 19.3 Å². The number of benzene rings is 1. The minimum atomic E-state index is -1.53. The van der Waals surface area contributed by atoms with Gasteiger partial charge in [0.05, 0.1) is 11.4 Å². The number of aromatic nitrogens is 2.